The highest BCUT2D eigenvalue weighted by Crippen LogP contribution is 2.48. The maximum atomic E-state index is 12.9. The van der Waals surface area contributed by atoms with Crippen molar-refractivity contribution in [3.8, 4) is 5.75 Å². The number of hydrogen-bond donors (Lipinski definition) is 1. The van der Waals surface area contributed by atoms with E-state index in [0.717, 1.165) is 5.56 Å². The average molecular weight is 371 g/mol. The van der Waals surface area contributed by atoms with Gasteiger partial charge in [0.25, 0.3) is 11.8 Å². The molecule has 140 valence electrons. The number of benzene rings is 2. The number of para-hydroxylation sites is 1. The first kappa shape index (κ1) is 18.6. The normalized spacial score (nSPS) is 17.7. The van der Waals surface area contributed by atoms with E-state index >= 15 is 0 Å². The van der Waals surface area contributed by atoms with Gasteiger partial charge in [-0.1, -0.05) is 24.3 Å². The summed E-state index contributed by atoms with van der Waals surface area (Å²) in [6.07, 6.45) is 0.590. The van der Waals surface area contributed by atoms with Crippen LogP contribution in [0.3, 0.4) is 0 Å². The highest BCUT2D eigenvalue weighted by atomic mass is 19.1. The lowest BCUT2D eigenvalue weighted by Gasteiger charge is -2.08. The molecule has 6 nitrogen and oxygen atoms in total. The van der Waals surface area contributed by atoms with Crippen molar-refractivity contribution in [2.45, 2.75) is 12.3 Å². The first-order valence-corrected chi connectivity index (χ1v) is 8.39. The van der Waals surface area contributed by atoms with Gasteiger partial charge in [-0.2, -0.15) is 0 Å². The lowest BCUT2D eigenvalue weighted by atomic mass is 10.1. The van der Waals surface area contributed by atoms with Gasteiger partial charge < -0.3 is 9.47 Å². The van der Waals surface area contributed by atoms with E-state index in [1.807, 2.05) is 0 Å². The van der Waals surface area contributed by atoms with Crippen LogP contribution in [0.2, 0.25) is 0 Å². The quantitative estimate of drug-likeness (QED) is 0.789. The minimum absolute atomic E-state index is 0.0311. The number of carbonyl (C=O) groups is 3. The van der Waals surface area contributed by atoms with Gasteiger partial charge in [-0.15, -0.1) is 0 Å². The second kappa shape index (κ2) is 7.99. The van der Waals surface area contributed by atoms with Gasteiger partial charge in [-0.3, -0.25) is 19.7 Å². The number of nitrogens with one attached hydrogen (secondary N) is 1. The van der Waals surface area contributed by atoms with Crippen molar-refractivity contribution < 1.29 is 28.2 Å². The predicted octanol–water partition coefficient (Wildman–Crippen LogP) is 2.44. The Labute approximate surface area is 155 Å². The molecule has 7 heteroatoms. The lowest BCUT2D eigenvalue weighted by Crippen LogP contribution is -2.34. The van der Waals surface area contributed by atoms with Crippen LogP contribution in [0.5, 0.6) is 5.75 Å². The second-order valence-corrected chi connectivity index (χ2v) is 6.19. The summed E-state index contributed by atoms with van der Waals surface area (Å²) < 4.78 is 23.0. The van der Waals surface area contributed by atoms with Gasteiger partial charge in [0, 0.05) is 0 Å². The predicted molar refractivity (Wildman–Crippen MR) is 93.7 cm³/mol. The Balaban J connectivity index is 1.47. The number of methoxy groups -OCH3 is 1. The maximum Gasteiger partial charge on any atom is 0.310 e. The van der Waals surface area contributed by atoms with Gasteiger partial charge in [-0.25, -0.2) is 4.39 Å². The molecule has 2 amide bonds. The zero-order valence-electron chi connectivity index (χ0n) is 14.6. The molecule has 1 aliphatic rings. The smallest absolute Gasteiger partial charge is 0.310 e. The third-order valence-electron chi connectivity index (χ3n) is 4.34. The summed E-state index contributed by atoms with van der Waals surface area (Å²) in [4.78, 5) is 36.0. The number of carbonyl (C=O) groups excluding carboxylic acids is 3. The van der Waals surface area contributed by atoms with E-state index in [2.05, 4.69) is 5.32 Å². The summed E-state index contributed by atoms with van der Waals surface area (Å²) in [6.45, 7) is -0.549. The Kier molecular flexibility index (Phi) is 5.49. The summed E-state index contributed by atoms with van der Waals surface area (Å²) in [5, 5.41) is 2.16. The SMILES string of the molecule is COc1ccccc1C(=O)NC(=O)COC(=O)C1CC1c1ccc(F)cc1. The summed E-state index contributed by atoms with van der Waals surface area (Å²) in [6, 6.07) is 12.4. The van der Waals surface area contributed by atoms with Crippen molar-refractivity contribution in [1.82, 2.24) is 5.32 Å². The summed E-state index contributed by atoms with van der Waals surface area (Å²) in [5.74, 6) is -2.26. The van der Waals surface area contributed by atoms with E-state index in [0.29, 0.717) is 12.2 Å². The zero-order chi connectivity index (χ0) is 19.4. The van der Waals surface area contributed by atoms with E-state index in [1.54, 1.807) is 30.3 Å². The number of halogens is 1. The standard InChI is InChI=1S/C20H18FNO5/c1-26-17-5-3-2-4-14(17)19(24)22-18(23)11-27-20(25)16-10-15(16)12-6-8-13(21)9-7-12/h2-9,15-16H,10-11H2,1H3,(H,22,23,24). The molecule has 1 fully saturated rings. The maximum absolute atomic E-state index is 12.9. The molecule has 2 aromatic carbocycles. The lowest BCUT2D eigenvalue weighted by molar-refractivity contribution is -0.149. The van der Waals surface area contributed by atoms with Crippen molar-refractivity contribution in [2.75, 3.05) is 13.7 Å². The van der Waals surface area contributed by atoms with Gasteiger partial charge in [0.2, 0.25) is 0 Å². The minimum atomic E-state index is -0.724. The third kappa shape index (κ3) is 4.49. The molecule has 1 saturated carbocycles. The molecule has 0 heterocycles. The average Bonchev–Trinajstić information content (AvgIpc) is 3.47. The molecule has 0 aliphatic heterocycles. The Morgan fingerprint density at radius 2 is 1.81 bits per heavy atom. The van der Waals surface area contributed by atoms with Crippen LogP contribution >= 0.6 is 0 Å². The van der Waals surface area contributed by atoms with Crippen LogP contribution in [-0.2, 0) is 14.3 Å². The number of ether oxygens (including phenoxy) is 2. The first-order valence-electron chi connectivity index (χ1n) is 8.39. The monoisotopic (exact) mass is 371 g/mol. The molecule has 0 saturated heterocycles. The van der Waals surface area contributed by atoms with Crippen LogP contribution in [0.25, 0.3) is 0 Å². The van der Waals surface area contributed by atoms with Gasteiger partial charge in [0.05, 0.1) is 18.6 Å². The minimum Gasteiger partial charge on any atom is -0.496 e. The molecule has 27 heavy (non-hydrogen) atoms. The molecular weight excluding hydrogens is 353 g/mol. The van der Waals surface area contributed by atoms with Crippen molar-refractivity contribution >= 4 is 17.8 Å². The van der Waals surface area contributed by atoms with Crippen LogP contribution in [0.4, 0.5) is 4.39 Å². The van der Waals surface area contributed by atoms with E-state index in [4.69, 9.17) is 9.47 Å². The molecular formula is C20H18FNO5. The largest absolute Gasteiger partial charge is 0.496 e. The van der Waals surface area contributed by atoms with Gasteiger partial charge in [0.1, 0.15) is 11.6 Å². The Bertz CT molecular complexity index is 865. The van der Waals surface area contributed by atoms with Crippen LogP contribution in [0.1, 0.15) is 28.3 Å². The van der Waals surface area contributed by atoms with Crippen molar-refractivity contribution in [3.05, 3.63) is 65.5 Å². The van der Waals surface area contributed by atoms with Crippen molar-refractivity contribution in [3.63, 3.8) is 0 Å². The van der Waals surface area contributed by atoms with E-state index < -0.39 is 24.4 Å². The molecule has 1 aliphatic carbocycles. The summed E-state index contributed by atoms with van der Waals surface area (Å²) in [5.41, 5.74) is 1.06. The molecule has 2 aromatic rings. The van der Waals surface area contributed by atoms with E-state index in [1.165, 1.54) is 25.3 Å². The topological polar surface area (TPSA) is 81.7 Å². The molecule has 1 N–H and O–H groups in total. The molecule has 2 unspecified atom stereocenters. The molecule has 0 bridgehead atoms. The number of hydrogen-bond acceptors (Lipinski definition) is 5. The Morgan fingerprint density at radius 3 is 2.52 bits per heavy atom. The molecule has 2 atom stereocenters. The number of rotatable bonds is 6. The number of esters is 1. The molecule has 0 radical (unpaired) electrons. The van der Waals surface area contributed by atoms with E-state index in [9.17, 15) is 18.8 Å². The van der Waals surface area contributed by atoms with Crippen LogP contribution in [0.15, 0.2) is 48.5 Å². The Morgan fingerprint density at radius 1 is 1.11 bits per heavy atom. The molecule has 3 rings (SSSR count). The van der Waals surface area contributed by atoms with Crippen LogP contribution in [-0.4, -0.2) is 31.5 Å². The summed E-state index contributed by atoms with van der Waals surface area (Å²) in [7, 11) is 1.42. The van der Waals surface area contributed by atoms with E-state index in [-0.39, 0.29) is 23.2 Å². The fourth-order valence-electron chi connectivity index (χ4n) is 2.84. The third-order valence-corrected chi connectivity index (χ3v) is 4.34. The highest BCUT2D eigenvalue weighted by Gasteiger charge is 2.45. The zero-order valence-corrected chi connectivity index (χ0v) is 14.6. The Hall–Kier alpha value is -3.22. The van der Waals surface area contributed by atoms with Crippen molar-refractivity contribution in [1.29, 1.82) is 0 Å². The van der Waals surface area contributed by atoms with Gasteiger partial charge in [0.15, 0.2) is 6.61 Å². The molecule has 0 aromatic heterocycles. The summed E-state index contributed by atoms with van der Waals surface area (Å²) >= 11 is 0. The highest BCUT2D eigenvalue weighted by molar-refractivity contribution is 6.06. The molecule has 0 spiro atoms. The van der Waals surface area contributed by atoms with Crippen LogP contribution in [0, 0.1) is 11.7 Å². The van der Waals surface area contributed by atoms with Gasteiger partial charge in [-0.05, 0) is 42.2 Å². The number of imide groups is 1. The van der Waals surface area contributed by atoms with Gasteiger partial charge >= 0.3 is 5.97 Å². The van der Waals surface area contributed by atoms with Crippen LogP contribution < -0.4 is 10.1 Å². The first-order chi connectivity index (χ1) is 13.0. The van der Waals surface area contributed by atoms with Crippen molar-refractivity contribution in [2.24, 2.45) is 5.92 Å². The second-order valence-electron chi connectivity index (χ2n) is 6.19. The fourth-order valence-corrected chi connectivity index (χ4v) is 2.84. The fraction of sp³-hybridized carbons (Fsp3) is 0.250. The number of amides is 2.